The molecule has 1 saturated heterocycles. The Hall–Kier alpha value is -1.56. The first-order chi connectivity index (χ1) is 8.54. The van der Waals surface area contributed by atoms with E-state index in [9.17, 15) is 13.2 Å². The summed E-state index contributed by atoms with van der Waals surface area (Å²) in [5.41, 5.74) is 0.360. The van der Waals surface area contributed by atoms with Crippen molar-refractivity contribution in [1.29, 1.82) is 0 Å². The van der Waals surface area contributed by atoms with Crippen molar-refractivity contribution in [3.63, 3.8) is 0 Å². The summed E-state index contributed by atoms with van der Waals surface area (Å²) in [7, 11) is -1.48. The highest BCUT2D eigenvalue weighted by atomic mass is 32.2. The highest BCUT2D eigenvalue weighted by molar-refractivity contribution is 7.91. The van der Waals surface area contributed by atoms with Gasteiger partial charge in [-0.05, 0) is 24.6 Å². The van der Waals surface area contributed by atoms with Crippen molar-refractivity contribution in [3.05, 3.63) is 23.8 Å². The molecular weight excluding hydrogens is 256 g/mol. The number of hydrogen-bond acceptors (Lipinski definition) is 5. The minimum Gasteiger partial charge on any atom is -0.497 e. The van der Waals surface area contributed by atoms with Crippen molar-refractivity contribution in [2.24, 2.45) is 0 Å². The Labute approximate surface area is 106 Å². The number of methoxy groups -OCH3 is 1. The van der Waals surface area contributed by atoms with Crippen LogP contribution in [-0.4, -0.2) is 39.4 Å². The molecule has 0 aliphatic carbocycles. The van der Waals surface area contributed by atoms with Crippen molar-refractivity contribution in [1.82, 2.24) is 0 Å². The van der Waals surface area contributed by atoms with Crippen LogP contribution in [0.1, 0.15) is 16.8 Å². The van der Waals surface area contributed by atoms with Gasteiger partial charge in [-0.3, -0.25) is 4.79 Å². The molecule has 1 atom stereocenters. The van der Waals surface area contributed by atoms with Gasteiger partial charge in [0.1, 0.15) is 17.6 Å². The summed E-state index contributed by atoms with van der Waals surface area (Å²) in [6.07, 6.45) is 0.760. The first-order valence-electron chi connectivity index (χ1n) is 5.54. The first-order valence-corrected chi connectivity index (χ1v) is 7.36. The standard InChI is InChI=1S/C12H14O5S/c1-16-10-2-3-12(9(6-10)7-13)17-11-4-5-18(14,15)8-11/h2-3,6-7,11H,4-5,8H2,1H3. The van der Waals surface area contributed by atoms with Gasteiger partial charge in [-0.15, -0.1) is 0 Å². The Bertz CT molecular complexity index is 550. The van der Waals surface area contributed by atoms with Gasteiger partial charge in [0.05, 0.1) is 24.2 Å². The van der Waals surface area contributed by atoms with Crippen LogP contribution >= 0.6 is 0 Å². The fraction of sp³-hybridized carbons (Fsp3) is 0.417. The van der Waals surface area contributed by atoms with E-state index >= 15 is 0 Å². The lowest BCUT2D eigenvalue weighted by Crippen LogP contribution is -2.18. The van der Waals surface area contributed by atoms with Crippen LogP contribution in [0.15, 0.2) is 18.2 Å². The second-order valence-electron chi connectivity index (χ2n) is 4.16. The van der Waals surface area contributed by atoms with Crippen LogP contribution in [0.5, 0.6) is 11.5 Å². The molecule has 5 nitrogen and oxygen atoms in total. The summed E-state index contributed by atoms with van der Waals surface area (Å²) in [6.45, 7) is 0. The monoisotopic (exact) mass is 270 g/mol. The van der Waals surface area contributed by atoms with Gasteiger partial charge in [-0.2, -0.15) is 0 Å². The SMILES string of the molecule is COc1ccc(OC2CCS(=O)(=O)C2)c(C=O)c1. The fourth-order valence-corrected chi connectivity index (χ4v) is 3.48. The Balaban J connectivity index is 2.17. The number of aldehydes is 1. The molecule has 6 heteroatoms. The summed E-state index contributed by atoms with van der Waals surface area (Å²) < 4.78 is 33.2. The summed E-state index contributed by atoms with van der Waals surface area (Å²) in [6, 6.07) is 4.85. The fourth-order valence-electron chi connectivity index (χ4n) is 1.89. The van der Waals surface area contributed by atoms with Crippen LogP contribution < -0.4 is 9.47 Å². The maximum Gasteiger partial charge on any atom is 0.154 e. The number of rotatable bonds is 4. The molecule has 0 radical (unpaired) electrons. The third-order valence-electron chi connectivity index (χ3n) is 2.83. The lowest BCUT2D eigenvalue weighted by Gasteiger charge is -2.14. The summed E-state index contributed by atoms with van der Waals surface area (Å²) in [4.78, 5) is 10.9. The second kappa shape index (κ2) is 4.97. The lowest BCUT2D eigenvalue weighted by atomic mass is 10.2. The third kappa shape index (κ3) is 2.81. The molecule has 1 aliphatic rings. The van der Waals surface area contributed by atoms with E-state index in [4.69, 9.17) is 9.47 Å². The van der Waals surface area contributed by atoms with Crippen LogP contribution in [-0.2, 0) is 9.84 Å². The molecule has 1 unspecified atom stereocenters. The van der Waals surface area contributed by atoms with Crippen molar-refractivity contribution >= 4 is 16.1 Å². The molecular formula is C12H14O5S. The normalized spacial score (nSPS) is 21.5. The molecule has 1 heterocycles. The average molecular weight is 270 g/mol. The Kier molecular flexibility index (Phi) is 3.56. The van der Waals surface area contributed by atoms with Crippen molar-refractivity contribution in [2.45, 2.75) is 12.5 Å². The molecule has 0 amide bonds. The Morgan fingerprint density at radius 3 is 2.72 bits per heavy atom. The molecule has 0 N–H and O–H groups in total. The predicted molar refractivity (Wildman–Crippen MR) is 66.1 cm³/mol. The summed E-state index contributed by atoms with van der Waals surface area (Å²) >= 11 is 0. The van der Waals surface area contributed by atoms with Crippen molar-refractivity contribution in [2.75, 3.05) is 18.6 Å². The highest BCUT2D eigenvalue weighted by Crippen LogP contribution is 2.26. The Morgan fingerprint density at radius 1 is 1.39 bits per heavy atom. The minimum absolute atomic E-state index is 0.0112. The summed E-state index contributed by atoms with van der Waals surface area (Å²) in [5, 5.41) is 0. The van der Waals surface area contributed by atoms with Gasteiger partial charge in [-0.25, -0.2) is 8.42 Å². The zero-order valence-corrected chi connectivity index (χ0v) is 10.8. The van der Waals surface area contributed by atoms with Crippen molar-refractivity contribution in [3.8, 4) is 11.5 Å². The average Bonchev–Trinajstić information content (AvgIpc) is 2.69. The van der Waals surface area contributed by atoms with Gasteiger partial charge < -0.3 is 9.47 Å². The van der Waals surface area contributed by atoms with E-state index in [1.165, 1.54) is 7.11 Å². The zero-order chi connectivity index (χ0) is 13.2. The molecule has 2 rings (SSSR count). The topological polar surface area (TPSA) is 69.7 Å². The number of benzene rings is 1. The molecule has 18 heavy (non-hydrogen) atoms. The molecule has 98 valence electrons. The van der Waals surface area contributed by atoms with Gasteiger partial charge in [0, 0.05) is 0 Å². The van der Waals surface area contributed by atoms with Crippen LogP contribution in [0.3, 0.4) is 0 Å². The number of carbonyl (C=O) groups is 1. The van der Waals surface area contributed by atoms with Crippen molar-refractivity contribution < 1.29 is 22.7 Å². The first kappa shape index (κ1) is 12.9. The zero-order valence-electron chi connectivity index (χ0n) is 9.96. The smallest absolute Gasteiger partial charge is 0.154 e. The minimum atomic E-state index is -2.99. The van der Waals surface area contributed by atoms with Gasteiger partial charge in [-0.1, -0.05) is 0 Å². The molecule has 0 spiro atoms. The van der Waals surface area contributed by atoms with E-state index < -0.39 is 9.84 Å². The van der Waals surface area contributed by atoms with Gasteiger partial charge in [0.25, 0.3) is 0 Å². The Morgan fingerprint density at radius 2 is 2.17 bits per heavy atom. The van der Waals surface area contributed by atoms with Crippen LogP contribution in [0.25, 0.3) is 0 Å². The number of carbonyl (C=O) groups excluding carboxylic acids is 1. The third-order valence-corrected chi connectivity index (χ3v) is 4.57. The maximum atomic E-state index is 11.3. The van der Waals surface area contributed by atoms with Crippen LogP contribution in [0, 0.1) is 0 Å². The van der Waals surface area contributed by atoms with Crippen LogP contribution in [0.2, 0.25) is 0 Å². The molecule has 0 aromatic heterocycles. The van der Waals surface area contributed by atoms with Gasteiger partial charge >= 0.3 is 0 Å². The van der Waals surface area contributed by atoms with Crippen LogP contribution in [0.4, 0.5) is 0 Å². The quantitative estimate of drug-likeness (QED) is 0.765. The molecule has 1 aromatic carbocycles. The number of hydrogen-bond donors (Lipinski definition) is 0. The van der Waals surface area contributed by atoms with E-state index in [1.54, 1.807) is 18.2 Å². The maximum absolute atomic E-state index is 11.3. The highest BCUT2D eigenvalue weighted by Gasteiger charge is 2.29. The summed E-state index contributed by atoms with van der Waals surface area (Å²) in [5.74, 6) is 1.11. The molecule has 0 bridgehead atoms. The molecule has 1 aromatic rings. The van der Waals surface area contributed by atoms with E-state index in [2.05, 4.69) is 0 Å². The number of ether oxygens (including phenoxy) is 2. The van der Waals surface area contributed by atoms with E-state index in [-0.39, 0.29) is 17.6 Å². The van der Waals surface area contributed by atoms with E-state index in [0.717, 1.165) is 0 Å². The largest absolute Gasteiger partial charge is 0.497 e. The number of sulfone groups is 1. The van der Waals surface area contributed by atoms with E-state index in [1.807, 2.05) is 0 Å². The molecule has 1 aliphatic heterocycles. The van der Waals surface area contributed by atoms with Gasteiger partial charge in [0.2, 0.25) is 0 Å². The lowest BCUT2D eigenvalue weighted by molar-refractivity contribution is 0.111. The van der Waals surface area contributed by atoms with E-state index in [0.29, 0.717) is 29.8 Å². The molecule has 0 saturated carbocycles. The van der Waals surface area contributed by atoms with Gasteiger partial charge in [0.15, 0.2) is 16.1 Å². The second-order valence-corrected chi connectivity index (χ2v) is 6.39. The molecule has 1 fully saturated rings. The predicted octanol–water partition coefficient (Wildman–Crippen LogP) is 1.07.